The number of aromatic amines is 1. The van der Waals surface area contributed by atoms with Gasteiger partial charge in [-0.2, -0.15) is 0 Å². The Morgan fingerprint density at radius 2 is 2.36 bits per heavy atom. The topological polar surface area (TPSA) is 40.7 Å². The molecule has 0 atom stereocenters. The van der Waals surface area contributed by atoms with E-state index in [1.54, 1.807) is 12.3 Å². The number of H-pyrrole nitrogens is 1. The van der Waals surface area contributed by atoms with E-state index in [1.165, 1.54) is 0 Å². The molecule has 5 heteroatoms. The zero-order valence-electron chi connectivity index (χ0n) is 7.09. The van der Waals surface area contributed by atoms with Crippen LogP contribution >= 0.6 is 27.5 Å². The minimum atomic E-state index is 0.585. The summed E-state index contributed by atoms with van der Waals surface area (Å²) < 4.78 is 0.649. The number of hydrogen-bond donors (Lipinski definition) is 2. The molecule has 0 aliphatic heterocycles. The number of aromatic nitrogens is 2. The molecular formula is C9H7BrClN3. The third-order valence-electron chi connectivity index (χ3n) is 1.67. The van der Waals surface area contributed by atoms with Gasteiger partial charge < -0.3 is 10.3 Å². The Bertz CT molecular complexity index is 428. The molecule has 2 N–H and O–H groups in total. The van der Waals surface area contributed by atoms with Crippen molar-refractivity contribution in [2.75, 3.05) is 5.32 Å². The van der Waals surface area contributed by atoms with Gasteiger partial charge in [-0.05, 0) is 34.1 Å². The Hall–Kier alpha value is -1.00. The second kappa shape index (κ2) is 4.02. The molecule has 0 spiro atoms. The van der Waals surface area contributed by atoms with Gasteiger partial charge in [-0.15, -0.1) is 0 Å². The normalized spacial score (nSPS) is 10.1. The molecule has 0 bridgehead atoms. The molecule has 0 aliphatic rings. The van der Waals surface area contributed by atoms with E-state index in [2.05, 4.69) is 31.2 Å². The third kappa shape index (κ3) is 2.08. The van der Waals surface area contributed by atoms with Crippen molar-refractivity contribution in [3.8, 4) is 0 Å². The average Bonchev–Trinajstić information content (AvgIpc) is 2.64. The van der Waals surface area contributed by atoms with Crippen molar-refractivity contribution in [3.63, 3.8) is 0 Å². The standard InChI is InChI=1S/C9H7BrClN3/c10-9-7(11)4-6(5-13-9)14-8-2-1-3-12-8/h1-5,12,14H. The maximum absolute atomic E-state index is 5.89. The summed E-state index contributed by atoms with van der Waals surface area (Å²) in [4.78, 5) is 7.09. The van der Waals surface area contributed by atoms with Crippen LogP contribution in [0.1, 0.15) is 0 Å². The first kappa shape index (κ1) is 9.55. The van der Waals surface area contributed by atoms with Gasteiger partial charge in [0.2, 0.25) is 0 Å². The molecule has 0 amide bonds. The highest BCUT2D eigenvalue weighted by molar-refractivity contribution is 9.10. The van der Waals surface area contributed by atoms with Crippen LogP contribution in [0.3, 0.4) is 0 Å². The summed E-state index contributed by atoms with van der Waals surface area (Å²) in [6, 6.07) is 5.64. The first-order chi connectivity index (χ1) is 6.75. The molecule has 2 aromatic heterocycles. The molecule has 0 unspecified atom stereocenters. The van der Waals surface area contributed by atoms with E-state index in [9.17, 15) is 0 Å². The highest BCUT2D eigenvalue weighted by Crippen LogP contribution is 2.24. The summed E-state index contributed by atoms with van der Waals surface area (Å²) in [5.41, 5.74) is 0.848. The Kier molecular flexibility index (Phi) is 2.74. The van der Waals surface area contributed by atoms with E-state index in [-0.39, 0.29) is 0 Å². The second-order valence-electron chi connectivity index (χ2n) is 2.71. The van der Waals surface area contributed by atoms with Gasteiger partial charge in [-0.3, -0.25) is 0 Å². The molecule has 0 radical (unpaired) electrons. The Morgan fingerprint density at radius 1 is 1.50 bits per heavy atom. The zero-order chi connectivity index (χ0) is 9.97. The van der Waals surface area contributed by atoms with Crippen LogP contribution in [0.25, 0.3) is 0 Å². The first-order valence-electron chi connectivity index (χ1n) is 3.97. The van der Waals surface area contributed by atoms with Gasteiger partial charge in [-0.25, -0.2) is 4.98 Å². The number of rotatable bonds is 2. The number of anilines is 2. The number of nitrogens with one attached hydrogen (secondary N) is 2. The number of pyridine rings is 1. The van der Waals surface area contributed by atoms with E-state index in [4.69, 9.17) is 11.6 Å². The molecule has 2 rings (SSSR count). The van der Waals surface area contributed by atoms with Crippen LogP contribution in [0.5, 0.6) is 0 Å². The molecule has 0 aromatic carbocycles. The fraction of sp³-hybridized carbons (Fsp3) is 0. The molecule has 0 aliphatic carbocycles. The van der Waals surface area contributed by atoms with Crippen molar-refractivity contribution in [2.24, 2.45) is 0 Å². The maximum atomic E-state index is 5.89. The number of nitrogens with zero attached hydrogens (tertiary/aromatic N) is 1. The van der Waals surface area contributed by atoms with E-state index < -0.39 is 0 Å². The molecule has 0 saturated carbocycles. The molecule has 2 heterocycles. The fourth-order valence-corrected chi connectivity index (χ4v) is 1.44. The lowest BCUT2D eigenvalue weighted by atomic mass is 10.4. The lowest BCUT2D eigenvalue weighted by Gasteiger charge is -2.04. The molecular weight excluding hydrogens is 265 g/mol. The molecule has 72 valence electrons. The lowest BCUT2D eigenvalue weighted by molar-refractivity contribution is 1.26. The molecule has 0 saturated heterocycles. The smallest absolute Gasteiger partial charge is 0.124 e. The van der Waals surface area contributed by atoms with Gasteiger partial charge in [0.05, 0.1) is 16.9 Å². The summed E-state index contributed by atoms with van der Waals surface area (Å²) in [6.45, 7) is 0. The van der Waals surface area contributed by atoms with Crippen LogP contribution in [-0.4, -0.2) is 9.97 Å². The van der Waals surface area contributed by atoms with E-state index >= 15 is 0 Å². The summed E-state index contributed by atoms with van der Waals surface area (Å²) in [5.74, 6) is 0.908. The quantitative estimate of drug-likeness (QED) is 0.821. The van der Waals surface area contributed by atoms with Gasteiger partial charge in [0, 0.05) is 6.20 Å². The third-order valence-corrected chi connectivity index (χ3v) is 2.82. The number of hydrogen-bond acceptors (Lipinski definition) is 2. The van der Waals surface area contributed by atoms with Crippen LogP contribution in [-0.2, 0) is 0 Å². The monoisotopic (exact) mass is 271 g/mol. The van der Waals surface area contributed by atoms with Crippen LogP contribution in [0.2, 0.25) is 5.02 Å². The van der Waals surface area contributed by atoms with Crippen molar-refractivity contribution in [1.29, 1.82) is 0 Å². The van der Waals surface area contributed by atoms with Crippen molar-refractivity contribution >= 4 is 39.0 Å². The van der Waals surface area contributed by atoms with Crippen LogP contribution in [0, 0.1) is 0 Å². The molecule has 2 aromatic rings. The van der Waals surface area contributed by atoms with Gasteiger partial charge >= 0.3 is 0 Å². The predicted molar refractivity (Wildman–Crippen MR) is 61.0 cm³/mol. The first-order valence-corrected chi connectivity index (χ1v) is 5.14. The molecule has 0 fully saturated rings. The highest BCUT2D eigenvalue weighted by Gasteiger charge is 2.00. The van der Waals surface area contributed by atoms with Gasteiger partial charge in [0.25, 0.3) is 0 Å². The van der Waals surface area contributed by atoms with Crippen LogP contribution in [0.4, 0.5) is 11.5 Å². The van der Waals surface area contributed by atoms with E-state index in [1.807, 2.05) is 18.3 Å². The van der Waals surface area contributed by atoms with Crippen LogP contribution < -0.4 is 5.32 Å². The fourth-order valence-electron chi connectivity index (χ4n) is 1.05. The van der Waals surface area contributed by atoms with Crippen molar-refractivity contribution in [2.45, 2.75) is 0 Å². The zero-order valence-corrected chi connectivity index (χ0v) is 9.43. The van der Waals surface area contributed by atoms with E-state index in [0.717, 1.165) is 11.5 Å². The lowest BCUT2D eigenvalue weighted by Crippen LogP contribution is -1.91. The summed E-state index contributed by atoms with van der Waals surface area (Å²) in [6.07, 6.45) is 3.55. The average molecular weight is 273 g/mol. The van der Waals surface area contributed by atoms with Crippen molar-refractivity contribution in [1.82, 2.24) is 9.97 Å². The molecule has 14 heavy (non-hydrogen) atoms. The summed E-state index contributed by atoms with van der Waals surface area (Å²) >= 11 is 9.12. The largest absolute Gasteiger partial charge is 0.348 e. The van der Waals surface area contributed by atoms with Crippen molar-refractivity contribution in [3.05, 3.63) is 40.2 Å². The number of halogens is 2. The Labute approximate surface area is 94.6 Å². The minimum absolute atomic E-state index is 0.585. The molecule has 3 nitrogen and oxygen atoms in total. The maximum Gasteiger partial charge on any atom is 0.124 e. The Morgan fingerprint density at radius 3 is 3.00 bits per heavy atom. The Balaban J connectivity index is 2.22. The van der Waals surface area contributed by atoms with Gasteiger partial charge in [0.1, 0.15) is 10.4 Å². The van der Waals surface area contributed by atoms with E-state index in [0.29, 0.717) is 9.63 Å². The summed E-state index contributed by atoms with van der Waals surface area (Å²) in [5, 5.41) is 3.71. The predicted octanol–water partition coefficient (Wildman–Crippen LogP) is 3.57. The highest BCUT2D eigenvalue weighted by atomic mass is 79.9. The minimum Gasteiger partial charge on any atom is -0.348 e. The van der Waals surface area contributed by atoms with Gasteiger partial charge in [-0.1, -0.05) is 11.6 Å². The second-order valence-corrected chi connectivity index (χ2v) is 3.86. The van der Waals surface area contributed by atoms with Crippen LogP contribution in [0.15, 0.2) is 35.2 Å². The van der Waals surface area contributed by atoms with Crippen molar-refractivity contribution < 1.29 is 0 Å². The SMILES string of the molecule is Clc1cc(Nc2ccc[nH]2)cnc1Br. The summed E-state index contributed by atoms with van der Waals surface area (Å²) in [7, 11) is 0. The van der Waals surface area contributed by atoms with Gasteiger partial charge in [0.15, 0.2) is 0 Å².